The number of rotatable bonds is 3. The molecule has 0 radical (unpaired) electrons. The smallest absolute Gasteiger partial charge is 0.0453 e. The molecule has 0 bridgehead atoms. The lowest BCUT2D eigenvalue weighted by Gasteiger charge is -2.02. The molecule has 1 aromatic rings. The van der Waals surface area contributed by atoms with Gasteiger partial charge in [0.05, 0.1) is 0 Å². The fraction of sp³-hybridized carbons (Fsp3) is 0.333. The van der Waals surface area contributed by atoms with Crippen LogP contribution in [0.5, 0.6) is 0 Å². The highest BCUT2D eigenvalue weighted by molar-refractivity contribution is 7.98. The van der Waals surface area contributed by atoms with E-state index in [2.05, 4.69) is 6.26 Å². The van der Waals surface area contributed by atoms with Gasteiger partial charge >= 0.3 is 0 Å². The summed E-state index contributed by atoms with van der Waals surface area (Å²) >= 11 is 13.6. The van der Waals surface area contributed by atoms with Gasteiger partial charge in [-0.15, -0.1) is 0 Å². The highest BCUT2D eigenvalue weighted by Crippen LogP contribution is 2.21. The van der Waals surface area contributed by atoms with Crippen molar-refractivity contribution in [3.8, 4) is 0 Å². The second-order valence-corrected chi connectivity index (χ2v) is 4.31. The van der Waals surface area contributed by atoms with E-state index in [-0.39, 0.29) is 0 Å². The van der Waals surface area contributed by atoms with Crippen molar-refractivity contribution in [2.75, 3.05) is 12.0 Å². The van der Waals surface area contributed by atoms with Crippen LogP contribution in [0.2, 0.25) is 10.0 Å². The molecule has 0 saturated heterocycles. The van der Waals surface area contributed by atoms with Crippen molar-refractivity contribution in [3.63, 3.8) is 0 Å². The highest BCUT2D eigenvalue weighted by atomic mass is 35.5. The topological polar surface area (TPSA) is 0 Å². The van der Waals surface area contributed by atoms with Crippen LogP contribution in [-0.2, 0) is 6.42 Å². The summed E-state index contributed by atoms with van der Waals surface area (Å²) < 4.78 is 0. The normalized spacial score (nSPS) is 10.2. The van der Waals surface area contributed by atoms with Crippen LogP contribution in [-0.4, -0.2) is 12.0 Å². The SMILES string of the molecule is CSCCc1ccc(Cl)cc1Cl. The molecule has 0 aromatic heterocycles. The Morgan fingerprint density at radius 3 is 2.67 bits per heavy atom. The van der Waals surface area contributed by atoms with Crippen molar-refractivity contribution in [1.29, 1.82) is 0 Å². The van der Waals surface area contributed by atoms with E-state index < -0.39 is 0 Å². The Balaban J connectivity index is 2.72. The zero-order valence-electron chi connectivity index (χ0n) is 6.81. The van der Waals surface area contributed by atoms with Crippen molar-refractivity contribution in [2.24, 2.45) is 0 Å². The van der Waals surface area contributed by atoms with Crippen molar-refractivity contribution < 1.29 is 0 Å². The average Bonchev–Trinajstić information content (AvgIpc) is 2.03. The van der Waals surface area contributed by atoms with E-state index in [4.69, 9.17) is 23.2 Å². The van der Waals surface area contributed by atoms with Gasteiger partial charge in [-0.05, 0) is 36.1 Å². The van der Waals surface area contributed by atoms with Crippen molar-refractivity contribution in [2.45, 2.75) is 6.42 Å². The first-order valence-corrected chi connectivity index (χ1v) is 5.82. The van der Waals surface area contributed by atoms with Crippen LogP contribution in [0.15, 0.2) is 18.2 Å². The Bertz CT molecular complexity index is 261. The maximum atomic E-state index is 5.97. The third kappa shape index (κ3) is 2.89. The number of benzene rings is 1. The van der Waals surface area contributed by atoms with Crippen LogP contribution in [0.4, 0.5) is 0 Å². The van der Waals surface area contributed by atoms with Crippen LogP contribution in [0, 0.1) is 0 Å². The highest BCUT2D eigenvalue weighted by Gasteiger charge is 1.99. The predicted molar refractivity (Wildman–Crippen MR) is 58.5 cm³/mol. The molecular formula is C9H10Cl2S. The van der Waals surface area contributed by atoms with Gasteiger partial charge in [-0.1, -0.05) is 29.3 Å². The fourth-order valence-electron chi connectivity index (χ4n) is 0.936. The molecule has 1 aromatic carbocycles. The monoisotopic (exact) mass is 220 g/mol. The molecule has 12 heavy (non-hydrogen) atoms. The molecule has 66 valence electrons. The zero-order chi connectivity index (χ0) is 8.97. The Morgan fingerprint density at radius 2 is 2.08 bits per heavy atom. The molecule has 1 rings (SSSR count). The fourth-order valence-corrected chi connectivity index (χ4v) is 1.86. The van der Waals surface area contributed by atoms with Crippen molar-refractivity contribution in [1.82, 2.24) is 0 Å². The lowest BCUT2D eigenvalue weighted by atomic mass is 10.2. The summed E-state index contributed by atoms with van der Waals surface area (Å²) in [6.45, 7) is 0. The molecule has 0 heterocycles. The Hall–Kier alpha value is 0.150. The van der Waals surface area contributed by atoms with Crippen molar-refractivity contribution >= 4 is 35.0 Å². The predicted octanol–water partition coefficient (Wildman–Crippen LogP) is 3.90. The van der Waals surface area contributed by atoms with Crippen LogP contribution < -0.4 is 0 Å². The molecule has 0 aliphatic heterocycles. The third-order valence-electron chi connectivity index (χ3n) is 1.59. The van der Waals surface area contributed by atoms with E-state index in [1.165, 1.54) is 5.56 Å². The molecule has 0 nitrogen and oxygen atoms in total. The summed E-state index contributed by atoms with van der Waals surface area (Å²) in [5, 5.41) is 1.48. The molecule has 0 amide bonds. The number of thioether (sulfide) groups is 1. The van der Waals surface area contributed by atoms with Crippen molar-refractivity contribution in [3.05, 3.63) is 33.8 Å². The maximum absolute atomic E-state index is 5.97. The Kier molecular flexibility index (Phi) is 4.27. The third-order valence-corrected chi connectivity index (χ3v) is 2.79. The second-order valence-electron chi connectivity index (χ2n) is 2.48. The molecule has 0 saturated carbocycles. The molecule has 3 heteroatoms. The molecule has 0 aliphatic rings. The first-order chi connectivity index (χ1) is 5.74. The Labute approximate surface area is 87.3 Å². The molecule has 0 fully saturated rings. The van der Waals surface area contributed by atoms with E-state index in [1.807, 2.05) is 23.9 Å². The van der Waals surface area contributed by atoms with Gasteiger partial charge in [0.1, 0.15) is 0 Å². The quantitative estimate of drug-likeness (QED) is 0.745. The van der Waals surface area contributed by atoms with Gasteiger partial charge < -0.3 is 0 Å². The van der Waals surface area contributed by atoms with Gasteiger partial charge in [0.15, 0.2) is 0 Å². The summed E-state index contributed by atoms with van der Waals surface area (Å²) in [6.07, 6.45) is 3.10. The summed E-state index contributed by atoms with van der Waals surface area (Å²) in [5.74, 6) is 1.10. The number of hydrogen-bond donors (Lipinski definition) is 0. The van der Waals surface area contributed by atoms with E-state index in [0.29, 0.717) is 5.02 Å². The zero-order valence-corrected chi connectivity index (χ0v) is 9.14. The molecule has 0 spiro atoms. The van der Waals surface area contributed by atoms with E-state index in [9.17, 15) is 0 Å². The van der Waals surface area contributed by atoms with Crippen LogP contribution in [0.1, 0.15) is 5.56 Å². The van der Waals surface area contributed by atoms with Gasteiger partial charge in [-0.3, -0.25) is 0 Å². The first kappa shape index (κ1) is 10.2. The summed E-state index contributed by atoms with van der Waals surface area (Å²) in [5.41, 5.74) is 1.18. The number of halogens is 2. The maximum Gasteiger partial charge on any atom is 0.0453 e. The minimum atomic E-state index is 0.702. The van der Waals surface area contributed by atoms with E-state index in [1.54, 1.807) is 6.07 Å². The lowest BCUT2D eigenvalue weighted by molar-refractivity contribution is 1.16. The number of hydrogen-bond acceptors (Lipinski definition) is 1. The molecule has 0 unspecified atom stereocenters. The van der Waals surface area contributed by atoms with Crippen LogP contribution >= 0.6 is 35.0 Å². The largest absolute Gasteiger partial charge is 0.165 e. The minimum absolute atomic E-state index is 0.702. The van der Waals surface area contributed by atoms with Gasteiger partial charge in [0.2, 0.25) is 0 Å². The lowest BCUT2D eigenvalue weighted by Crippen LogP contribution is -1.88. The molecule has 0 atom stereocenters. The van der Waals surface area contributed by atoms with Gasteiger partial charge in [0.25, 0.3) is 0 Å². The summed E-state index contributed by atoms with van der Waals surface area (Å²) in [4.78, 5) is 0. The van der Waals surface area contributed by atoms with Gasteiger partial charge in [-0.25, -0.2) is 0 Å². The minimum Gasteiger partial charge on any atom is -0.165 e. The van der Waals surface area contributed by atoms with E-state index >= 15 is 0 Å². The standard InChI is InChI=1S/C9H10Cl2S/c1-12-5-4-7-2-3-8(10)6-9(7)11/h2-3,6H,4-5H2,1H3. The molecular weight excluding hydrogens is 211 g/mol. The second kappa shape index (κ2) is 5.00. The van der Waals surface area contributed by atoms with Crippen LogP contribution in [0.3, 0.4) is 0 Å². The molecule has 0 N–H and O–H groups in total. The number of aryl methyl sites for hydroxylation is 1. The van der Waals surface area contributed by atoms with Crippen LogP contribution in [0.25, 0.3) is 0 Å². The summed E-state index contributed by atoms with van der Waals surface area (Å²) in [6, 6.07) is 5.66. The van der Waals surface area contributed by atoms with Gasteiger partial charge in [0, 0.05) is 10.0 Å². The molecule has 0 aliphatic carbocycles. The average molecular weight is 221 g/mol. The van der Waals surface area contributed by atoms with Gasteiger partial charge in [-0.2, -0.15) is 11.8 Å². The Morgan fingerprint density at radius 1 is 1.33 bits per heavy atom. The van der Waals surface area contributed by atoms with E-state index in [0.717, 1.165) is 17.2 Å². The summed E-state index contributed by atoms with van der Waals surface area (Å²) in [7, 11) is 0. The first-order valence-electron chi connectivity index (χ1n) is 3.67.